The van der Waals surface area contributed by atoms with E-state index in [9.17, 15) is 18.0 Å². The average molecular weight is 502 g/mol. The van der Waals surface area contributed by atoms with E-state index in [-0.39, 0.29) is 39.3 Å². The summed E-state index contributed by atoms with van der Waals surface area (Å²) in [4.78, 5) is 16.8. The molecule has 176 valence electrons. The monoisotopic (exact) mass is 501 g/mol. The summed E-state index contributed by atoms with van der Waals surface area (Å²) in [6, 6.07) is 8.63. The van der Waals surface area contributed by atoms with Crippen LogP contribution in [0.15, 0.2) is 46.7 Å². The van der Waals surface area contributed by atoms with Gasteiger partial charge >= 0.3 is 12.1 Å². The highest BCUT2D eigenvalue weighted by atomic mass is 35.5. The van der Waals surface area contributed by atoms with E-state index in [2.05, 4.69) is 15.7 Å². The van der Waals surface area contributed by atoms with E-state index in [0.29, 0.717) is 11.1 Å². The van der Waals surface area contributed by atoms with Crippen LogP contribution in [0.3, 0.4) is 0 Å². The summed E-state index contributed by atoms with van der Waals surface area (Å²) in [5.74, 6) is -0.613. The Morgan fingerprint density at radius 2 is 2.00 bits per heavy atom. The molecule has 0 aromatic heterocycles. The Morgan fingerprint density at radius 3 is 2.64 bits per heavy atom. The van der Waals surface area contributed by atoms with Gasteiger partial charge in [-0.3, -0.25) is 5.43 Å². The molecule has 0 saturated carbocycles. The Morgan fingerprint density at radius 1 is 1.27 bits per heavy atom. The van der Waals surface area contributed by atoms with E-state index >= 15 is 0 Å². The molecular formula is C22H20Cl2F3N3O3. The molecule has 0 fully saturated rings. The van der Waals surface area contributed by atoms with Crippen molar-refractivity contribution in [3.8, 4) is 0 Å². The third-order valence-corrected chi connectivity index (χ3v) is 5.46. The molecule has 1 aliphatic heterocycles. The highest BCUT2D eigenvalue weighted by Gasteiger charge is 2.62. The summed E-state index contributed by atoms with van der Waals surface area (Å²) < 4.78 is 47.5. The molecule has 3 rings (SSSR count). The van der Waals surface area contributed by atoms with Crippen molar-refractivity contribution in [2.75, 3.05) is 12.0 Å². The smallest absolute Gasteiger partial charge is 0.435 e. The fourth-order valence-corrected chi connectivity index (χ4v) is 3.69. The molecule has 0 amide bonds. The minimum Gasteiger partial charge on any atom is -0.461 e. The Labute approximate surface area is 198 Å². The third kappa shape index (κ3) is 5.25. The predicted octanol–water partition coefficient (Wildman–Crippen LogP) is 6.23. The van der Waals surface area contributed by atoms with Crippen molar-refractivity contribution in [1.82, 2.24) is 0 Å². The first kappa shape index (κ1) is 24.9. The number of hydrazone groups is 1. The lowest BCUT2D eigenvalue weighted by Crippen LogP contribution is -2.42. The molecule has 33 heavy (non-hydrogen) atoms. The molecule has 0 radical (unpaired) electrons. The van der Waals surface area contributed by atoms with Crippen molar-refractivity contribution in [2.24, 2.45) is 10.3 Å². The van der Waals surface area contributed by atoms with Crippen LogP contribution < -0.4 is 5.43 Å². The summed E-state index contributed by atoms with van der Waals surface area (Å²) in [5.41, 5.74) is 1.10. The summed E-state index contributed by atoms with van der Waals surface area (Å²) >= 11 is 12.2. The van der Waals surface area contributed by atoms with Gasteiger partial charge in [0.25, 0.3) is 5.60 Å². The van der Waals surface area contributed by atoms with Gasteiger partial charge < -0.3 is 9.57 Å². The molecule has 1 aliphatic rings. The molecule has 2 aromatic rings. The number of hydrogen-bond donors (Lipinski definition) is 1. The van der Waals surface area contributed by atoms with E-state index in [1.807, 2.05) is 0 Å². The number of ether oxygens (including phenoxy) is 1. The van der Waals surface area contributed by atoms with Crippen LogP contribution in [-0.2, 0) is 20.0 Å². The first-order valence-corrected chi connectivity index (χ1v) is 10.6. The number of anilines is 1. The number of carbonyl (C=O) groups is 1. The van der Waals surface area contributed by atoms with E-state index in [1.54, 1.807) is 19.9 Å². The summed E-state index contributed by atoms with van der Waals surface area (Å²) in [6.07, 6.45) is -5.33. The number of rotatable bonds is 6. The molecule has 0 aliphatic carbocycles. The first-order valence-electron chi connectivity index (χ1n) is 9.83. The Balaban J connectivity index is 1.91. The zero-order chi connectivity index (χ0) is 24.4. The van der Waals surface area contributed by atoms with E-state index < -0.39 is 24.2 Å². The molecule has 11 heteroatoms. The van der Waals surface area contributed by atoms with Crippen molar-refractivity contribution in [2.45, 2.75) is 39.0 Å². The van der Waals surface area contributed by atoms with Crippen LogP contribution in [0, 0.1) is 6.92 Å². The number of carbonyl (C=O) groups excluding carboxylic acids is 1. The van der Waals surface area contributed by atoms with E-state index in [0.717, 1.165) is 0 Å². The zero-order valence-corrected chi connectivity index (χ0v) is 19.4. The highest BCUT2D eigenvalue weighted by molar-refractivity contribution is 6.36. The molecule has 2 aromatic carbocycles. The van der Waals surface area contributed by atoms with Gasteiger partial charge in [-0.1, -0.05) is 40.5 Å². The highest BCUT2D eigenvalue weighted by Crippen LogP contribution is 2.49. The fourth-order valence-electron chi connectivity index (χ4n) is 3.24. The maximum atomic E-state index is 14.2. The van der Waals surface area contributed by atoms with Crippen molar-refractivity contribution in [3.63, 3.8) is 0 Å². The van der Waals surface area contributed by atoms with Crippen LogP contribution in [0.4, 0.5) is 18.9 Å². The quantitative estimate of drug-likeness (QED) is 0.289. The number of esters is 1. The Bertz CT molecular complexity index is 1120. The second-order valence-corrected chi connectivity index (χ2v) is 8.22. The van der Waals surface area contributed by atoms with Gasteiger partial charge in [0, 0.05) is 22.6 Å². The van der Waals surface area contributed by atoms with Crippen molar-refractivity contribution in [3.05, 3.63) is 63.1 Å². The fraction of sp³-hybridized carbons (Fsp3) is 0.318. The maximum absolute atomic E-state index is 14.2. The van der Waals surface area contributed by atoms with Gasteiger partial charge in [0.1, 0.15) is 5.71 Å². The summed E-state index contributed by atoms with van der Waals surface area (Å²) in [6.45, 7) is 4.94. The van der Waals surface area contributed by atoms with Crippen molar-refractivity contribution >= 4 is 46.3 Å². The Hall–Kier alpha value is -2.78. The molecule has 1 atom stereocenters. The molecule has 1 unspecified atom stereocenters. The largest absolute Gasteiger partial charge is 0.461 e. The third-order valence-electron chi connectivity index (χ3n) is 4.91. The van der Waals surface area contributed by atoms with Gasteiger partial charge in [0.2, 0.25) is 0 Å². The number of benzene rings is 2. The molecule has 0 spiro atoms. The molecular weight excluding hydrogens is 482 g/mol. The second kappa shape index (κ2) is 9.61. The van der Waals surface area contributed by atoms with Crippen molar-refractivity contribution < 1.29 is 27.5 Å². The molecule has 0 bridgehead atoms. The molecule has 6 nitrogen and oxygen atoms in total. The number of hydrogen-bond acceptors (Lipinski definition) is 6. The lowest BCUT2D eigenvalue weighted by Gasteiger charge is -2.29. The standard InChI is InChI=1S/C22H20Cl2F3N3O3/c1-4-32-20(31)13(3)28-29-18-9-14(5-6-17(18)24)19-11-21(33-30-19,22(25,26)27)15-7-12(2)8-16(23)10-15/h5-10,29H,4,11H2,1-3H3/b28-13+. The van der Waals surface area contributed by atoms with Crippen LogP contribution in [0.5, 0.6) is 0 Å². The van der Waals surface area contributed by atoms with Crippen LogP contribution in [0.25, 0.3) is 0 Å². The topological polar surface area (TPSA) is 72.3 Å². The molecule has 1 heterocycles. The SMILES string of the molecule is CCOC(=O)/C(C)=N/Nc1cc(C2=NOC(c3cc(C)cc(Cl)c3)(C(F)(F)F)C2)ccc1Cl. The first-order chi connectivity index (χ1) is 15.5. The molecule has 1 N–H and O–H groups in total. The minimum absolute atomic E-state index is 0.0484. The van der Waals surface area contributed by atoms with E-state index in [4.69, 9.17) is 32.8 Å². The Kier molecular flexibility index (Phi) is 7.23. The van der Waals surface area contributed by atoms with Gasteiger partial charge in [-0.25, -0.2) is 4.79 Å². The van der Waals surface area contributed by atoms with Crippen LogP contribution in [0.2, 0.25) is 10.0 Å². The van der Waals surface area contributed by atoms with Gasteiger partial charge in [-0.15, -0.1) is 0 Å². The predicted molar refractivity (Wildman–Crippen MR) is 121 cm³/mol. The summed E-state index contributed by atoms with van der Waals surface area (Å²) in [5, 5.41) is 8.08. The normalized spacial score (nSPS) is 18.5. The van der Waals surface area contributed by atoms with Gasteiger partial charge in [0.05, 0.1) is 23.0 Å². The van der Waals surface area contributed by atoms with Crippen LogP contribution >= 0.6 is 23.2 Å². The molecule has 0 saturated heterocycles. The number of oxime groups is 1. The van der Waals surface area contributed by atoms with Gasteiger partial charge in [-0.05, 0) is 50.6 Å². The van der Waals surface area contributed by atoms with Crippen molar-refractivity contribution in [1.29, 1.82) is 0 Å². The van der Waals surface area contributed by atoms with E-state index in [1.165, 1.54) is 37.3 Å². The van der Waals surface area contributed by atoms with Gasteiger partial charge in [0.15, 0.2) is 0 Å². The minimum atomic E-state index is -4.76. The zero-order valence-electron chi connectivity index (χ0n) is 17.9. The van der Waals surface area contributed by atoms with Crippen LogP contribution in [0.1, 0.15) is 37.0 Å². The average Bonchev–Trinajstić information content (AvgIpc) is 3.19. The van der Waals surface area contributed by atoms with Gasteiger partial charge in [-0.2, -0.15) is 18.3 Å². The maximum Gasteiger partial charge on any atom is 0.435 e. The number of alkyl halides is 3. The lowest BCUT2D eigenvalue weighted by molar-refractivity contribution is -0.275. The lowest BCUT2D eigenvalue weighted by atomic mass is 9.86. The number of halogens is 5. The number of aryl methyl sites for hydroxylation is 1. The second-order valence-electron chi connectivity index (χ2n) is 7.37. The number of nitrogens with zero attached hydrogens (tertiary/aromatic N) is 2. The van der Waals surface area contributed by atoms with Crippen LogP contribution in [-0.4, -0.2) is 30.2 Å². The summed E-state index contributed by atoms with van der Waals surface area (Å²) in [7, 11) is 0. The number of nitrogens with one attached hydrogen (secondary N) is 1.